The number of esters is 1. The van der Waals surface area contributed by atoms with Gasteiger partial charge in [0, 0.05) is 24.6 Å². The number of methoxy groups -OCH3 is 1. The molecule has 0 aromatic carbocycles. The van der Waals surface area contributed by atoms with E-state index in [1.807, 2.05) is 12.2 Å². The van der Waals surface area contributed by atoms with Gasteiger partial charge in [0.05, 0.1) is 18.5 Å². The second-order valence-corrected chi connectivity index (χ2v) is 7.95. The molecule has 1 fully saturated rings. The average molecular weight is 358 g/mol. The molecule has 1 N–H and O–H groups in total. The van der Waals surface area contributed by atoms with Crippen LogP contribution in [0.1, 0.15) is 51.9 Å². The molecule has 2 aliphatic heterocycles. The third-order valence-electron chi connectivity index (χ3n) is 6.01. The van der Waals surface area contributed by atoms with E-state index in [4.69, 9.17) is 4.74 Å². The molecular formula is C21H30N2O3. The Labute approximate surface area is 156 Å². The van der Waals surface area contributed by atoms with Crippen molar-refractivity contribution in [2.24, 2.45) is 11.3 Å². The molecule has 26 heavy (non-hydrogen) atoms. The van der Waals surface area contributed by atoms with E-state index in [1.54, 1.807) is 0 Å². The van der Waals surface area contributed by atoms with Crippen LogP contribution in [0.4, 0.5) is 0 Å². The van der Waals surface area contributed by atoms with Crippen molar-refractivity contribution < 1.29 is 14.3 Å². The molecule has 0 saturated heterocycles. The molecule has 3 aliphatic rings. The molecule has 1 unspecified atom stereocenters. The molecule has 2 heterocycles. The van der Waals surface area contributed by atoms with E-state index in [-0.39, 0.29) is 17.9 Å². The second-order valence-electron chi connectivity index (χ2n) is 7.95. The first kappa shape index (κ1) is 18.7. The van der Waals surface area contributed by atoms with Gasteiger partial charge in [-0.2, -0.15) is 0 Å². The van der Waals surface area contributed by atoms with Crippen molar-refractivity contribution in [1.29, 1.82) is 0 Å². The van der Waals surface area contributed by atoms with Gasteiger partial charge in [-0.3, -0.25) is 4.79 Å². The maximum absolute atomic E-state index is 11.5. The largest absolute Gasteiger partial charge is 0.468 e. The van der Waals surface area contributed by atoms with E-state index in [2.05, 4.69) is 23.3 Å². The summed E-state index contributed by atoms with van der Waals surface area (Å²) in [6.07, 6.45) is 15.3. The Morgan fingerprint density at radius 1 is 1.38 bits per heavy atom. The molecule has 1 atom stereocenters. The number of carbonyl (C=O) groups is 2. The molecule has 1 saturated carbocycles. The molecular weight excluding hydrogens is 328 g/mol. The van der Waals surface area contributed by atoms with Crippen molar-refractivity contribution in [2.45, 2.75) is 51.9 Å². The highest BCUT2D eigenvalue weighted by Gasteiger charge is 2.43. The van der Waals surface area contributed by atoms with E-state index in [1.165, 1.54) is 44.8 Å². The van der Waals surface area contributed by atoms with Crippen LogP contribution in [0, 0.1) is 11.3 Å². The van der Waals surface area contributed by atoms with Gasteiger partial charge in [-0.1, -0.05) is 39.0 Å². The number of aldehydes is 1. The Bertz CT molecular complexity index is 644. The maximum Gasteiger partial charge on any atom is 0.325 e. The zero-order valence-corrected chi connectivity index (χ0v) is 15.9. The zero-order valence-electron chi connectivity index (χ0n) is 15.9. The summed E-state index contributed by atoms with van der Waals surface area (Å²) in [6, 6.07) is 0. The summed E-state index contributed by atoms with van der Waals surface area (Å²) in [5.74, 6) is 0.448. The number of ether oxygens (including phenoxy) is 1. The number of fused-ring (bicyclic) bond motifs is 1. The number of nitrogens with one attached hydrogen (secondary N) is 1. The molecule has 1 aliphatic carbocycles. The summed E-state index contributed by atoms with van der Waals surface area (Å²) < 4.78 is 4.74. The Hall–Kier alpha value is -2.04. The first-order valence-corrected chi connectivity index (χ1v) is 9.71. The minimum absolute atomic E-state index is 0.00103. The molecule has 0 aromatic rings. The van der Waals surface area contributed by atoms with Crippen molar-refractivity contribution in [3.05, 3.63) is 35.3 Å². The van der Waals surface area contributed by atoms with E-state index < -0.39 is 0 Å². The summed E-state index contributed by atoms with van der Waals surface area (Å²) in [4.78, 5) is 25.2. The molecule has 0 bridgehead atoms. The Morgan fingerprint density at radius 2 is 2.15 bits per heavy atom. The average Bonchev–Trinajstić information content (AvgIpc) is 2.92. The van der Waals surface area contributed by atoms with Crippen molar-refractivity contribution in [3.8, 4) is 0 Å². The number of hydrogen-bond donors (Lipinski definition) is 1. The van der Waals surface area contributed by atoms with Crippen LogP contribution in [0.25, 0.3) is 0 Å². The summed E-state index contributed by atoms with van der Waals surface area (Å²) in [7, 11) is 1.39. The predicted molar refractivity (Wildman–Crippen MR) is 101 cm³/mol. The highest BCUT2D eigenvalue weighted by atomic mass is 16.5. The Kier molecular flexibility index (Phi) is 5.84. The zero-order chi connectivity index (χ0) is 18.6. The molecule has 0 amide bonds. The minimum atomic E-state index is -0.299. The predicted octanol–water partition coefficient (Wildman–Crippen LogP) is 3.30. The molecule has 0 radical (unpaired) electrons. The number of allylic oxidation sites excluding steroid dienone is 2. The number of hydrogen-bond acceptors (Lipinski definition) is 5. The van der Waals surface area contributed by atoms with Gasteiger partial charge < -0.3 is 19.7 Å². The fourth-order valence-electron chi connectivity index (χ4n) is 4.80. The van der Waals surface area contributed by atoms with Crippen LogP contribution in [0.15, 0.2) is 35.3 Å². The van der Waals surface area contributed by atoms with E-state index in [0.717, 1.165) is 36.6 Å². The van der Waals surface area contributed by atoms with Gasteiger partial charge in [-0.25, -0.2) is 0 Å². The maximum atomic E-state index is 11.5. The smallest absolute Gasteiger partial charge is 0.325 e. The van der Waals surface area contributed by atoms with E-state index >= 15 is 0 Å². The molecule has 3 rings (SSSR count). The van der Waals surface area contributed by atoms with E-state index in [9.17, 15) is 9.59 Å². The van der Waals surface area contributed by atoms with Gasteiger partial charge in [0.25, 0.3) is 0 Å². The standard InChI is InChI=1S/C21H30N2O3/c1-21(13-16-7-4-3-5-8-16)15-23-11-6-9-18(22-14-19(25)26-2)20(23)17(21)10-12-24/h6,9,11-12,16,22H,3-5,7-8,10,13-15H2,1-2H3. The first-order valence-electron chi connectivity index (χ1n) is 9.71. The summed E-state index contributed by atoms with van der Waals surface area (Å²) >= 11 is 0. The topological polar surface area (TPSA) is 58.6 Å². The lowest BCUT2D eigenvalue weighted by atomic mass is 9.71. The quantitative estimate of drug-likeness (QED) is 0.559. The lowest BCUT2D eigenvalue weighted by molar-refractivity contribution is -0.139. The fourth-order valence-corrected chi connectivity index (χ4v) is 4.80. The van der Waals surface area contributed by atoms with E-state index in [0.29, 0.717) is 6.42 Å². The normalized spacial score (nSPS) is 25.8. The van der Waals surface area contributed by atoms with Crippen LogP contribution in [-0.4, -0.2) is 37.4 Å². The second kappa shape index (κ2) is 8.11. The van der Waals surface area contributed by atoms with Gasteiger partial charge in [-0.05, 0) is 30.1 Å². The molecule has 142 valence electrons. The molecule has 0 spiro atoms. The van der Waals surface area contributed by atoms with Crippen LogP contribution >= 0.6 is 0 Å². The number of rotatable bonds is 7. The van der Waals surface area contributed by atoms with Crippen LogP contribution in [0.2, 0.25) is 0 Å². The van der Waals surface area contributed by atoms with Gasteiger partial charge in [-0.15, -0.1) is 0 Å². The van der Waals surface area contributed by atoms with Gasteiger partial charge in [0.15, 0.2) is 0 Å². The summed E-state index contributed by atoms with van der Waals surface area (Å²) in [5.41, 5.74) is 3.17. The lowest BCUT2D eigenvalue weighted by Gasteiger charge is -2.33. The number of carbonyl (C=O) groups excluding carboxylic acids is 2. The highest BCUT2D eigenvalue weighted by molar-refractivity contribution is 5.72. The van der Waals surface area contributed by atoms with Crippen molar-refractivity contribution >= 4 is 12.3 Å². The highest BCUT2D eigenvalue weighted by Crippen LogP contribution is 2.49. The Balaban J connectivity index is 1.85. The van der Waals surface area contributed by atoms with Crippen LogP contribution in [0.5, 0.6) is 0 Å². The lowest BCUT2D eigenvalue weighted by Crippen LogP contribution is -2.30. The van der Waals surface area contributed by atoms with Crippen molar-refractivity contribution in [2.75, 3.05) is 20.2 Å². The minimum Gasteiger partial charge on any atom is -0.468 e. The number of nitrogens with zero attached hydrogens (tertiary/aromatic N) is 1. The monoisotopic (exact) mass is 358 g/mol. The first-order chi connectivity index (χ1) is 12.6. The third kappa shape index (κ3) is 3.87. The Morgan fingerprint density at radius 3 is 2.85 bits per heavy atom. The summed E-state index contributed by atoms with van der Waals surface area (Å²) in [5, 5.41) is 3.19. The van der Waals surface area contributed by atoms with Gasteiger partial charge >= 0.3 is 5.97 Å². The van der Waals surface area contributed by atoms with Crippen LogP contribution in [0.3, 0.4) is 0 Å². The van der Waals surface area contributed by atoms with Crippen LogP contribution in [-0.2, 0) is 14.3 Å². The molecule has 0 aromatic heterocycles. The van der Waals surface area contributed by atoms with Gasteiger partial charge in [0.2, 0.25) is 0 Å². The van der Waals surface area contributed by atoms with Crippen LogP contribution < -0.4 is 5.32 Å². The van der Waals surface area contributed by atoms with Gasteiger partial charge in [0.1, 0.15) is 12.8 Å². The molecule has 5 heteroatoms. The summed E-state index contributed by atoms with van der Waals surface area (Å²) in [6.45, 7) is 3.33. The SMILES string of the molecule is COC(=O)CNC1=CC=CN2CC(C)(CC3CCCCC3)C(CC=O)=C12. The van der Waals surface area contributed by atoms with Crippen molar-refractivity contribution in [3.63, 3.8) is 0 Å². The molecule has 5 nitrogen and oxygen atoms in total. The third-order valence-corrected chi connectivity index (χ3v) is 6.01. The fraction of sp³-hybridized carbons (Fsp3) is 0.619. The van der Waals surface area contributed by atoms with Crippen molar-refractivity contribution in [1.82, 2.24) is 10.2 Å².